The second kappa shape index (κ2) is 5.17. The van der Waals surface area contributed by atoms with Gasteiger partial charge in [0.05, 0.1) is 0 Å². The molecule has 0 bridgehead atoms. The van der Waals surface area contributed by atoms with Gasteiger partial charge in [-0.1, -0.05) is 19.8 Å². The molecular formula is C13H25NO2. The number of nitrogens with zero attached hydrogens (tertiary/aromatic N) is 1. The van der Waals surface area contributed by atoms with Gasteiger partial charge in [-0.05, 0) is 46.1 Å². The third-order valence-electron chi connectivity index (χ3n) is 4.16. The monoisotopic (exact) mass is 227 g/mol. The quantitative estimate of drug-likeness (QED) is 0.785. The summed E-state index contributed by atoms with van der Waals surface area (Å²) in [5.41, 5.74) is -0.753. The third-order valence-corrected chi connectivity index (χ3v) is 4.16. The van der Waals surface area contributed by atoms with Gasteiger partial charge in [0.25, 0.3) is 0 Å². The number of likely N-dealkylation sites (N-methyl/N-ethyl adjacent to an activating group) is 1. The van der Waals surface area contributed by atoms with Gasteiger partial charge in [-0.25, -0.2) is 0 Å². The minimum atomic E-state index is -0.753. The van der Waals surface area contributed by atoms with Crippen LogP contribution < -0.4 is 0 Å². The smallest absolute Gasteiger partial charge is 0.323 e. The van der Waals surface area contributed by atoms with Crippen molar-refractivity contribution < 1.29 is 9.90 Å². The zero-order valence-corrected chi connectivity index (χ0v) is 11.0. The lowest BCUT2D eigenvalue weighted by Crippen LogP contribution is -2.55. The fourth-order valence-electron chi connectivity index (χ4n) is 3.01. The van der Waals surface area contributed by atoms with E-state index < -0.39 is 11.5 Å². The summed E-state index contributed by atoms with van der Waals surface area (Å²) in [5, 5.41) is 9.29. The number of carbonyl (C=O) groups is 1. The summed E-state index contributed by atoms with van der Waals surface area (Å²) in [6, 6.07) is 0.374. The molecule has 0 radical (unpaired) electrons. The molecule has 1 fully saturated rings. The highest BCUT2D eigenvalue weighted by molar-refractivity contribution is 5.77. The van der Waals surface area contributed by atoms with Crippen LogP contribution in [0.25, 0.3) is 0 Å². The standard InChI is InChI=1S/C13H25NO2/c1-5-14(13(3,4)12(15)16)10(2)11-8-6-7-9-11/h10-11H,5-9H2,1-4H3,(H,15,16). The highest BCUT2D eigenvalue weighted by Crippen LogP contribution is 2.32. The number of carboxylic acid groups (broad SMARTS) is 1. The largest absolute Gasteiger partial charge is 0.480 e. The van der Waals surface area contributed by atoms with Crippen molar-refractivity contribution in [1.29, 1.82) is 0 Å². The van der Waals surface area contributed by atoms with Gasteiger partial charge < -0.3 is 5.11 Å². The van der Waals surface area contributed by atoms with Crippen LogP contribution in [0.1, 0.15) is 53.4 Å². The second-order valence-electron chi connectivity index (χ2n) is 5.44. The van der Waals surface area contributed by atoms with Crippen LogP contribution in [0.4, 0.5) is 0 Å². The SMILES string of the molecule is CCN(C(C)C1CCCC1)C(C)(C)C(=O)O. The van der Waals surface area contributed by atoms with E-state index in [-0.39, 0.29) is 0 Å². The van der Waals surface area contributed by atoms with Crippen LogP contribution in [0.3, 0.4) is 0 Å². The fraction of sp³-hybridized carbons (Fsp3) is 0.923. The molecule has 0 aliphatic heterocycles. The lowest BCUT2D eigenvalue weighted by atomic mass is 9.92. The first-order valence-corrected chi connectivity index (χ1v) is 6.41. The summed E-state index contributed by atoms with van der Waals surface area (Å²) in [7, 11) is 0. The van der Waals surface area contributed by atoms with E-state index in [0.717, 1.165) is 6.54 Å². The normalized spacial score (nSPS) is 20.3. The molecule has 3 heteroatoms. The predicted octanol–water partition coefficient (Wildman–Crippen LogP) is 2.75. The van der Waals surface area contributed by atoms with Crippen molar-refractivity contribution in [2.45, 2.75) is 65.0 Å². The summed E-state index contributed by atoms with van der Waals surface area (Å²) in [4.78, 5) is 13.4. The van der Waals surface area contributed by atoms with E-state index in [0.29, 0.717) is 12.0 Å². The molecule has 16 heavy (non-hydrogen) atoms. The van der Waals surface area contributed by atoms with E-state index in [1.165, 1.54) is 25.7 Å². The lowest BCUT2D eigenvalue weighted by molar-refractivity contribution is -0.151. The highest BCUT2D eigenvalue weighted by Gasteiger charge is 2.39. The van der Waals surface area contributed by atoms with Gasteiger partial charge in [-0.15, -0.1) is 0 Å². The van der Waals surface area contributed by atoms with Gasteiger partial charge in [-0.2, -0.15) is 0 Å². The summed E-state index contributed by atoms with van der Waals surface area (Å²) >= 11 is 0. The molecule has 1 aliphatic rings. The molecule has 1 atom stereocenters. The maximum Gasteiger partial charge on any atom is 0.323 e. The lowest BCUT2D eigenvalue weighted by Gasteiger charge is -2.41. The van der Waals surface area contributed by atoms with Crippen LogP contribution in [-0.4, -0.2) is 34.1 Å². The van der Waals surface area contributed by atoms with Crippen molar-refractivity contribution >= 4 is 5.97 Å². The van der Waals surface area contributed by atoms with Gasteiger partial charge in [-0.3, -0.25) is 9.69 Å². The molecule has 0 amide bonds. The Labute approximate surface area is 98.8 Å². The Balaban J connectivity index is 2.76. The first kappa shape index (κ1) is 13.5. The van der Waals surface area contributed by atoms with Gasteiger partial charge in [0.1, 0.15) is 5.54 Å². The highest BCUT2D eigenvalue weighted by atomic mass is 16.4. The predicted molar refractivity (Wildman–Crippen MR) is 65.5 cm³/mol. The van der Waals surface area contributed by atoms with Crippen LogP contribution in [0.2, 0.25) is 0 Å². The Bertz CT molecular complexity index is 244. The topological polar surface area (TPSA) is 40.5 Å². The Morgan fingerprint density at radius 2 is 1.94 bits per heavy atom. The molecule has 3 nitrogen and oxygen atoms in total. The number of hydrogen-bond acceptors (Lipinski definition) is 2. The molecule has 1 aliphatic carbocycles. The van der Waals surface area contributed by atoms with Crippen molar-refractivity contribution in [3.8, 4) is 0 Å². The maximum atomic E-state index is 11.3. The maximum absolute atomic E-state index is 11.3. The molecule has 1 N–H and O–H groups in total. The number of rotatable bonds is 5. The average Bonchev–Trinajstić information content (AvgIpc) is 2.70. The Morgan fingerprint density at radius 1 is 1.44 bits per heavy atom. The molecule has 0 aromatic heterocycles. The van der Waals surface area contributed by atoms with Crippen LogP contribution in [0.15, 0.2) is 0 Å². The third kappa shape index (κ3) is 2.57. The molecule has 0 aromatic carbocycles. The molecule has 0 aromatic rings. The number of aliphatic carboxylic acids is 1. The number of hydrogen-bond donors (Lipinski definition) is 1. The van der Waals surface area contributed by atoms with Crippen molar-refractivity contribution in [2.75, 3.05) is 6.54 Å². The summed E-state index contributed by atoms with van der Waals surface area (Å²) < 4.78 is 0. The van der Waals surface area contributed by atoms with Crippen LogP contribution in [0, 0.1) is 5.92 Å². The van der Waals surface area contributed by atoms with Crippen LogP contribution >= 0.6 is 0 Å². The molecule has 0 spiro atoms. The molecule has 0 heterocycles. The first-order valence-electron chi connectivity index (χ1n) is 6.41. The molecule has 0 saturated heterocycles. The summed E-state index contributed by atoms with van der Waals surface area (Å²) in [5.74, 6) is -0.0437. The fourth-order valence-corrected chi connectivity index (χ4v) is 3.01. The van der Waals surface area contributed by atoms with Crippen molar-refractivity contribution in [3.63, 3.8) is 0 Å². The second-order valence-corrected chi connectivity index (χ2v) is 5.44. The van der Waals surface area contributed by atoms with Gasteiger partial charge in [0.15, 0.2) is 0 Å². The van der Waals surface area contributed by atoms with E-state index in [2.05, 4.69) is 18.7 Å². The van der Waals surface area contributed by atoms with Crippen molar-refractivity contribution in [1.82, 2.24) is 4.90 Å². The summed E-state index contributed by atoms with van der Waals surface area (Å²) in [6.45, 7) is 8.66. The first-order chi connectivity index (χ1) is 7.41. The van der Waals surface area contributed by atoms with Gasteiger partial charge >= 0.3 is 5.97 Å². The zero-order chi connectivity index (χ0) is 12.3. The molecule has 1 saturated carbocycles. The van der Waals surface area contributed by atoms with E-state index in [1.54, 1.807) is 0 Å². The average molecular weight is 227 g/mol. The molecule has 1 unspecified atom stereocenters. The Hall–Kier alpha value is -0.570. The minimum Gasteiger partial charge on any atom is -0.480 e. The van der Waals surface area contributed by atoms with E-state index in [9.17, 15) is 9.90 Å². The number of carboxylic acids is 1. The Morgan fingerprint density at radius 3 is 2.31 bits per heavy atom. The molecule has 94 valence electrons. The molecule has 1 rings (SSSR count). The van der Waals surface area contributed by atoms with Gasteiger partial charge in [0.2, 0.25) is 0 Å². The van der Waals surface area contributed by atoms with Crippen LogP contribution in [-0.2, 0) is 4.79 Å². The van der Waals surface area contributed by atoms with Crippen LogP contribution in [0.5, 0.6) is 0 Å². The summed E-state index contributed by atoms with van der Waals surface area (Å²) in [6.07, 6.45) is 5.13. The Kier molecular flexibility index (Phi) is 4.36. The zero-order valence-electron chi connectivity index (χ0n) is 11.0. The van der Waals surface area contributed by atoms with Crippen molar-refractivity contribution in [2.24, 2.45) is 5.92 Å². The molecular weight excluding hydrogens is 202 g/mol. The minimum absolute atomic E-state index is 0.374. The van der Waals surface area contributed by atoms with E-state index in [1.807, 2.05) is 13.8 Å². The van der Waals surface area contributed by atoms with Crippen molar-refractivity contribution in [3.05, 3.63) is 0 Å². The van der Waals surface area contributed by atoms with E-state index in [4.69, 9.17) is 0 Å². The van der Waals surface area contributed by atoms with E-state index >= 15 is 0 Å². The van der Waals surface area contributed by atoms with Gasteiger partial charge in [0, 0.05) is 6.04 Å².